The minimum absolute atomic E-state index is 0. The molecule has 0 fully saturated rings. The molecule has 0 aromatic rings. The summed E-state index contributed by atoms with van der Waals surface area (Å²) >= 11 is 5.57. The topological polar surface area (TPSA) is 29.5 Å². The van der Waals surface area contributed by atoms with Crippen LogP contribution in [0.4, 0.5) is 0 Å². The van der Waals surface area contributed by atoms with Crippen molar-refractivity contribution in [1.82, 2.24) is 4.90 Å². The van der Waals surface area contributed by atoms with Crippen LogP contribution < -0.4 is 0 Å². The number of likely N-dealkylation sites (N-methyl/N-ethyl adjacent to an activating group) is 1. The van der Waals surface area contributed by atoms with Crippen molar-refractivity contribution in [2.24, 2.45) is 0 Å². The van der Waals surface area contributed by atoms with E-state index in [1.54, 1.807) is 0 Å². The van der Waals surface area contributed by atoms with Gasteiger partial charge in [0.15, 0.2) is 0 Å². The zero-order valence-corrected chi connectivity index (χ0v) is 9.66. The van der Waals surface area contributed by atoms with Crippen LogP contribution in [0.3, 0.4) is 0 Å². The van der Waals surface area contributed by atoms with Crippen molar-refractivity contribution in [3.8, 4) is 0 Å². The van der Waals surface area contributed by atoms with E-state index in [2.05, 4.69) is 11.8 Å². The molecule has 0 unspecified atom stereocenters. The normalized spacial score (nSPS) is 9.54. The fourth-order valence-corrected chi connectivity index (χ4v) is 1.11. The first-order chi connectivity index (χ1) is 5.70. The minimum Gasteiger partial charge on any atom is -0.465 e. The van der Waals surface area contributed by atoms with Gasteiger partial charge in [0.05, 0.1) is 0 Å². The Morgan fingerprint density at radius 2 is 2.08 bits per heavy atom. The van der Waals surface area contributed by atoms with Gasteiger partial charge in [-0.1, -0.05) is 6.92 Å². The number of nitrogens with zero attached hydrogens (tertiary/aromatic N) is 1. The Kier molecular flexibility index (Phi) is 12.0. The summed E-state index contributed by atoms with van der Waals surface area (Å²) < 4.78 is 4.80. The fraction of sp³-hybridized carbons (Fsp3) is 0.875. The van der Waals surface area contributed by atoms with Crippen LogP contribution in [-0.2, 0) is 9.53 Å². The van der Waals surface area contributed by atoms with E-state index in [9.17, 15) is 4.79 Å². The second-order valence-electron chi connectivity index (χ2n) is 2.46. The van der Waals surface area contributed by atoms with E-state index in [0.717, 1.165) is 19.6 Å². The van der Waals surface area contributed by atoms with Gasteiger partial charge in [0.2, 0.25) is 0 Å². The number of carbonyl (C=O) groups excluding carboxylic acids is 1. The van der Waals surface area contributed by atoms with Gasteiger partial charge < -0.3 is 4.74 Å². The summed E-state index contributed by atoms with van der Waals surface area (Å²) in [5.74, 6) is 0.394. The van der Waals surface area contributed by atoms with Crippen LogP contribution in [0.1, 0.15) is 13.8 Å². The molecule has 0 atom stereocenters. The zero-order valence-electron chi connectivity index (χ0n) is 8.09. The number of alkyl halides is 1. The summed E-state index contributed by atoms with van der Waals surface area (Å²) in [6.07, 6.45) is 0. The van der Waals surface area contributed by atoms with E-state index in [-0.39, 0.29) is 18.4 Å². The van der Waals surface area contributed by atoms with Crippen molar-refractivity contribution in [2.45, 2.75) is 13.8 Å². The maximum atomic E-state index is 10.4. The number of carbonyl (C=O) groups is 1. The molecule has 0 amide bonds. The number of ether oxygens (including phenoxy) is 1. The molecule has 0 aliphatic rings. The summed E-state index contributed by atoms with van der Waals surface area (Å²) in [6, 6.07) is 0. The summed E-state index contributed by atoms with van der Waals surface area (Å²) in [4.78, 5) is 12.5. The van der Waals surface area contributed by atoms with Crippen LogP contribution in [0.15, 0.2) is 0 Å². The van der Waals surface area contributed by atoms with E-state index >= 15 is 0 Å². The highest BCUT2D eigenvalue weighted by Gasteiger charge is 2.01. The molecule has 0 N–H and O–H groups in total. The number of halogens is 2. The molecule has 0 heterocycles. The van der Waals surface area contributed by atoms with E-state index in [1.165, 1.54) is 6.92 Å². The smallest absolute Gasteiger partial charge is 0.302 e. The Bertz CT molecular complexity index is 133. The Morgan fingerprint density at radius 1 is 1.46 bits per heavy atom. The highest BCUT2D eigenvalue weighted by molar-refractivity contribution is 6.18. The van der Waals surface area contributed by atoms with Crippen LogP contribution in [0.2, 0.25) is 0 Å². The third-order valence-corrected chi connectivity index (χ3v) is 1.73. The van der Waals surface area contributed by atoms with Crippen molar-refractivity contribution in [3.05, 3.63) is 0 Å². The molecule has 0 aliphatic carbocycles. The molecule has 0 aliphatic heterocycles. The van der Waals surface area contributed by atoms with Gasteiger partial charge in [-0.25, -0.2) is 0 Å². The molecule has 0 saturated heterocycles. The SMILES string of the molecule is CCN(CCCl)CCOC(C)=O.Cl. The molecule has 0 aromatic carbocycles. The Balaban J connectivity index is 0. The Hall–Kier alpha value is 0.01000. The highest BCUT2D eigenvalue weighted by atomic mass is 35.5. The summed E-state index contributed by atoms with van der Waals surface area (Å²) in [6.45, 7) is 6.48. The van der Waals surface area contributed by atoms with Crippen LogP contribution >= 0.6 is 24.0 Å². The van der Waals surface area contributed by atoms with Crippen LogP contribution in [-0.4, -0.2) is 43.0 Å². The monoisotopic (exact) mass is 229 g/mol. The van der Waals surface area contributed by atoms with Gasteiger partial charge in [-0.05, 0) is 6.54 Å². The number of esters is 1. The number of rotatable bonds is 6. The van der Waals surface area contributed by atoms with Crippen molar-refractivity contribution in [3.63, 3.8) is 0 Å². The minimum atomic E-state index is -0.225. The van der Waals surface area contributed by atoms with Gasteiger partial charge in [-0.3, -0.25) is 9.69 Å². The first-order valence-corrected chi connectivity index (χ1v) is 4.65. The average Bonchev–Trinajstić information content (AvgIpc) is 2.02. The Labute approximate surface area is 90.8 Å². The quantitative estimate of drug-likeness (QED) is 0.512. The predicted molar refractivity (Wildman–Crippen MR) is 56.7 cm³/mol. The van der Waals surface area contributed by atoms with E-state index in [0.29, 0.717) is 12.5 Å². The van der Waals surface area contributed by atoms with Crippen LogP contribution in [0.25, 0.3) is 0 Å². The first-order valence-electron chi connectivity index (χ1n) is 4.12. The lowest BCUT2D eigenvalue weighted by Gasteiger charge is -2.18. The molecule has 80 valence electrons. The molecule has 0 aromatic heterocycles. The van der Waals surface area contributed by atoms with Gasteiger partial charge in [-0.15, -0.1) is 24.0 Å². The third kappa shape index (κ3) is 9.93. The van der Waals surface area contributed by atoms with Gasteiger partial charge in [0, 0.05) is 25.9 Å². The summed E-state index contributed by atoms with van der Waals surface area (Å²) in [5.41, 5.74) is 0. The second-order valence-corrected chi connectivity index (χ2v) is 2.84. The van der Waals surface area contributed by atoms with Gasteiger partial charge >= 0.3 is 5.97 Å². The van der Waals surface area contributed by atoms with Crippen molar-refractivity contribution in [2.75, 3.05) is 32.1 Å². The van der Waals surface area contributed by atoms with Gasteiger partial charge in [-0.2, -0.15) is 0 Å². The maximum absolute atomic E-state index is 10.4. The van der Waals surface area contributed by atoms with E-state index in [1.807, 2.05) is 0 Å². The lowest BCUT2D eigenvalue weighted by molar-refractivity contribution is -0.141. The lowest BCUT2D eigenvalue weighted by Crippen LogP contribution is -2.29. The molecule has 0 spiro atoms. The highest BCUT2D eigenvalue weighted by Crippen LogP contribution is 1.89. The van der Waals surface area contributed by atoms with Crippen LogP contribution in [0.5, 0.6) is 0 Å². The van der Waals surface area contributed by atoms with E-state index < -0.39 is 0 Å². The molecule has 0 radical (unpaired) electrons. The van der Waals surface area contributed by atoms with Gasteiger partial charge in [0.1, 0.15) is 6.61 Å². The molecule has 0 saturated carbocycles. The molecule has 3 nitrogen and oxygen atoms in total. The molecule has 0 rings (SSSR count). The van der Waals surface area contributed by atoms with Crippen molar-refractivity contribution < 1.29 is 9.53 Å². The van der Waals surface area contributed by atoms with Gasteiger partial charge in [0.25, 0.3) is 0 Å². The van der Waals surface area contributed by atoms with Crippen molar-refractivity contribution in [1.29, 1.82) is 0 Å². The summed E-state index contributed by atoms with van der Waals surface area (Å²) in [7, 11) is 0. The zero-order chi connectivity index (χ0) is 9.40. The predicted octanol–water partition coefficient (Wildman–Crippen LogP) is 1.53. The number of hydrogen-bond donors (Lipinski definition) is 0. The Morgan fingerprint density at radius 3 is 2.46 bits per heavy atom. The standard InChI is InChI=1S/C8H16ClNO2.ClH/c1-3-10(5-4-9)6-7-12-8(2)11;/h3-7H2,1-2H3;1H. The van der Waals surface area contributed by atoms with Crippen LogP contribution in [0, 0.1) is 0 Å². The molecular weight excluding hydrogens is 213 g/mol. The molecular formula is C8H17Cl2NO2. The first kappa shape index (κ1) is 15.5. The van der Waals surface area contributed by atoms with E-state index in [4.69, 9.17) is 16.3 Å². The maximum Gasteiger partial charge on any atom is 0.302 e. The fourth-order valence-electron chi connectivity index (χ4n) is 0.866. The molecule has 0 bridgehead atoms. The number of hydrogen-bond acceptors (Lipinski definition) is 3. The second kappa shape index (κ2) is 10.1. The largest absolute Gasteiger partial charge is 0.465 e. The van der Waals surface area contributed by atoms with Crippen molar-refractivity contribution >= 4 is 30.0 Å². The molecule has 5 heteroatoms. The summed E-state index contributed by atoms with van der Waals surface area (Å²) in [5, 5.41) is 0. The average molecular weight is 230 g/mol. The third-order valence-electron chi connectivity index (χ3n) is 1.56. The lowest BCUT2D eigenvalue weighted by atomic mass is 10.5. The molecule has 13 heavy (non-hydrogen) atoms.